The Balaban J connectivity index is 0.00000364. The maximum atomic E-state index is 5.42. The quantitative estimate of drug-likeness (QED) is 0.248. The third kappa shape index (κ3) is 8.07. The molecule has 27 heavy (non-hydrogen) atoms. The topological polar surface area (TPSA) is 54.9 Å². The second-order valence-corrected chi connectivity index (χ2v) is 5.94. The first-order valence-corrected chi connectivity index (χ1v) is 8.96. The van der Waals surface area contributed by atoms with Gasteiger partial charge in [-0.05, 0) is 48.6 Å². The number of nitrogens with zero attached hydrogens (tertiary/aromatic N) is 1. The van der Waals surface area contributed by atoms with Crippen molar-refractivity contribution >= 4 is 29.9 Å². The Bertz CT molecular complexity index is 693. The van der Waals surface area contributed by atoms with E-state index in [1.807, 2.05) is 24.3 Å². The van der Waals surface area contributed by atoms with Crippen molar-refractivity contribution in [2.45, 2.75) is 19.3 Å². The van der Waals surface area contributed by atoms with Crippen LogP contribution in [0.5, 0.6) is 11.5 Å². The van der Waals surface area contributed by atoms with Crippen LogP contribution in [0.2, 0.25) is 0 Å². The van der Waals surface area contributed by atoms with Crippen molar-refractivity contribution in [3.8, 4) is 11.5 Å². The monoisotopic (exact) mass is 483 g/mol. The Morgan fingerprint density at radius 3 is 2.33 bits per heavy atom. The molecule has 0 spiro atoms. The minimum atomic E-state index is 0. The minimum Gasteiger partial charge on any atom is -0.497 e. The van der Waals surface area contributed by atoms with Crippen LogP contribution >= 0.6 is 24.0 Å². The molecule has 6 heteroatoms. The smallest absolute Gasteiger partial charge is 0.190 e. The maximum Gasteiger partial charge on any atom is 0.190 e. The molecule has 0 radical (unpaired) electrons. The number of aryl methyl sites for hydroxylation is 1. The van der Waals surface area contributed by atoms with Gasteiger partial charge in [-0.15, -0.1) is 24.0 Å². The van der Waals surface area contributed by atoms with Gasteiger partial charge in [0.15, 0.2) is 5.96 Å². The molecule has 0 unspecified atom stereocenters. The zero-order valence-electron chi connectivity index (χ0n) is 16.3. The molecule has 2 aromatic rings. The van der Waals surface area contributed by atoms with E-state index >= 15 is 0 Å². The summed E-state index contributed by atoms with van der Waals surface area (Å²) >= 11 is 0. The summed E-state index contributed by atoms with van der Waals surface area (Å²) in [7, 11) is 5.15. The van der Waals surface area contributed by atoms with E-state index in [1.165, 1.54) is 5.56 Å². The van der Waals surface area contributed by atoms with Gasteiger partial charge in [-0.3, -0.25) is 4.99 Å². The van der Waals surface area contributed by atoms with Crippen LogP contribution in [0, 0.1) is 0 Å². The number of aliphatic imine (C=N–C) groups is 1. The third-order valence-corrected chi connectivity index (χ3v) is 4.18. The average Bonchev–Trinajstić information content (AvgIpc) is 2.70. The van der Waals surface area contributed by atoms with E-state index in [9.17, 15) is 0 Å². The molecular formula is C21H30IN3O2. The van der Waals surface area contributed by atoms with Crippen molar-refractivity contribution in [2.75, 3.05) is 34.4 Å². The van der Waals surface area contributed by atoms with Crippen molar-refractivity contribution in [1.82, 2.24) is 10.6 Å². The van der Waals surface area contributed by atoms with Crippen LogP contribution in [0.1, 0.15) is 17.5 Å². The molecule has 148 valence electrons. The summed E-state index contributed by atoms with van der Waals surface area (Å²) in [5, 5.41) is 6.71. The van der Waals surface area contributed by atoms with Crippen LogP contribution in [-0.2, 0) is 12.8 Å². The lowest BCUT2D eigenvalue weighted by Gasteiger charge is -2.14. The Kier molecular flexibility index (Phi) is 11.3. The number of benzene rings is 2. The normalized spacial score (nSPS) is 10.7. The first-order chi connectivity index (χ1) is 12.8. The van der Waals surface area contributed by atoms with Crippen LogP contribution in [0.4, 0.5) is 0 Å². The molecule has 0 aliphatic carbocycles. The zero-order valence-corrected chi connectivity index (χ0v) is 18.7. The fourth-order valence-electron chi connectivity index (χ4n) is 2.76. The van der Waals surface area contributed by atoms with E-state index in [4.69, 9.17) is 9.47 Å². The molecule has 0 bridgehead atoms. The number of nitrogens with one attached hydrogen (secondary N) is 2. The average molecular weight is 483 g/mol. The molecule has 0 aliphatic heterocycles. The van der Waals surface area contributed by atoms with Crippen LogP contribution in [0.15, 0.2) is 53.5 Å². The molecule has 0 amide bonds. The van der Waals surface area contributed by atoms with Gasteiger partial charge in [0.25, 0.3) is 0 Å². The highest BCUT2D eigenvalue weighted by Crippen LogP contribution is 2.24. The third-order valence-electron chi connectivity index (χ3n) is 4.18. The summed E-state index contributed by atoms with van der Waals surface area (Å²) < 4.78 is 10.7. The highest BCUT2D eigenvalue weighted by molar-refractivity contribution is 14.0. The van der Waals surface area contributed by atoms with Crippen molar-refractivity contribution in [2.24, 2.45) is 4.99 Å². The van der Waals surface area contributed by atoms with Crippen LogP contribution in [-0.4, -0.2) is 40.3 Å². The molecule has 0 atom stereocenters. The number of halogens is 1. The zero-order chi connectivity index (χ0) is 18.6. The van der Waals surface area contributed by atoms with Crippen LogP contribution < -0.4 is 20.1 Å². The summed E-state index contributed by atoms with van der Waals surface area (Å²) in [5.74, 6) is 2.53. The molecular weight excluding hydrogens is 453 g/mol. The number of hydrogen-bond donors (Lipinski definition) is 2. The second kappa shape index (κ2) is 13.2. The Labute approximate surface area is 179 Å². The van der Waals surface area contributed by atoms with Gasteiger partial charge in [0, 0.05) is 20.1 Å². The lowest BCUT2D eigenvalue weighted by molar-refractivity contribution is 0.398. The molecule has 2 aromatic carbocycles. The number of ether oxygens (including phenoxy) is 2. The van der Waals surface area contributed by atoms with E-state index in [1.54, 1.807) is 21.3 Å². The highest BCUT2D eigenvalue weighted by Gasteiger charge is 2.05. The van der Waals surface area contributed by atoms with Gasteiger partial charge in [0.05, 0.1) is 14.2 Å². The number of methoxy groups -OCH3 is 2. The van der Waals surface area contributed by atoms with Crippen molar-refractivity contribution < 1.29 is 9.47 Å². The van der Waals surface area contributed by atoms with Gasteiger partial charge in [-0.2, -0.15) is 0 Å². The van der Waals surface area contributed by atoms with E-state index in [2.05, 4.69) is 39.9 Å². The predicted octanol–water partition coefficient (Wildman–Crippen LogP) is 3.66. The summed E-state index contributed by atoms with van der Waals surface area (Å²) in [6, 6.07) is 16.4. The molecule has 0 saturated heterocycles. The van der Waals surface area contributed by atoms with E-state index in [0.29, 0.717) is 0 Å². The van der Waals surface area contributed by atoms with Crippen LogP contribution in [0.25, 0.3) is 0 Å². The second-order valence-electron chi connectivity index (χ2n) is 5.94. The highest BCUT2D eigenvalue weighted by atomic mass is 127. The van der Waals surface area contributed by atoms with Gasteiger partial charge < -0.3 is 20.1 Å². The minimum absolute atomic E-state index is 0. The molecule has 0 aromatic heterocycles. The summed E-state index contributed by atoms with van der Waals surface area (Å²) in [6.45, 7) is 1.65. The summed E-state index contributed by atoms with van der Waals surface area (Å²) in [6.07, 6.45) is 2.95. The predicted molar refractivity (Wildman–Crippen MR) is 123 cm³/mol. The number of guanidine groups is 1. The number of hydrogen-bond acceptors (Lipinski definition) is 3. The molecule has 0 aliphatic rings. The summed E-state index contributed by atoms with van der Waals surface area (Å²) in [4.78, 5) is 4.28. The summed E-state index contributed by atoms with van der Waals surface area (Å²) in [5.41, 5.74) is 2.47. The van der Waals surface area contributed by atoms with Crippen LogP contribution in [0.3, 0.4) is 0 Å². The first-order valence-electron chi connectivity index (χ1n) is 8.96. The maximum absolute atomic E-state index is 5.42. The molecule has 2 rings (SSSR count). The van der Waals surface area contributed by atoms with Gasteiger partial charge in [-0.25, -0.2) is 0 Å². The fraction of sp³-hybridized carbons (Fsp3) is 0.381. The number of rotatable bonds is 9. The van der Waals surface area contributed by atoms with Gasteiger partial charge in [0.2, 0.25) is 0 Å². The molecule has 2 N–H and O–H groups in total. The lowest BCUT2D eigenvalue weighted by Crippen LogP contribution is -2.38. The Hall–Kier alpha value is -1.96. The molecule has 0 saturated carbocycles. The fourth-order valence-corrected chi connectivity index (χ4v) is 2.76. The van der Waals surface area contributed by atoms with E-state index < -0.39 is 0 Å². The lowest BCUT2D eigenvalue weighted by atomic mass is 10.1. The van der Waals surface area contributed by atoms with Crippen molar-refractivity contribution in [3.63, 3.8) is 0 Å². The SMILES string of the molecule is CN=C(NCCCc1ccccc1)NCCc1cc(OC)ccc1OC.I. The molecule has 5 nitrogen and oxygen atoms in total. The molecule has 0 fully saturated rings. The van der Waals surface area contributed by atoms with E-state index in [0.717, 1.165) is 55.4 Å². The largest absolute Gasteiger partial charge is 0.497 e. The van der Waals surface area contributed by atoms with E-state index in [-0.39, 0.29) is 24.0 Å². The van der Waals surface area contributed by atoms with Crippen molar-refractivity contribution in [3.05, 3.63) is 59.7 Å². The Morgan fingerprint density at radius 1 is 0.926 bits per heavy atom. The molecule has 0 heterocycles. The Morgan fingerprint density at radius 2 is 1.67 bits per heavy atom. The van der Waals surface area contributed by atoms with Crippen molar-refractivity contribution in [1.29, 1.82) is 0 Å². The van der Waals surface area contributed by atoms with Gasteiger partial charge in [-0.1, -0.05) is 30.3 Å². The van der Waals surface area contributed by atoms with Gasteiger partial charge in [0.1, 0.15) is 11.5 Å². The standard InChI is InChI=1S/C21H29N3O2.HI/c1-22-21(23-14-7-10-17-8-5-4-6-9-17)24-15-13-18-16-19(25-2)11-12-20(18)26-3;/h4-6,8-9,11-12,16H,7,10,13-15H2,1-3H3,(H2,22,23,24);1H. The first kappa shape index (κ1) is 23.1. The van der Waals surface area contributed by atoms with Gasteiger partial charge >= 0.3 is 0 Å².